The maximum absolute atomic E-state index is 12.2. The van der Waals surface area contributed by atoms with E-state index in [4.69, 9.17) is 4.74 Å². The van der Waals surface area contributed by atoms with Crippen molar-refractivity contribution in [2.75, 3.05) is 45.2 Å². The molecule has 0 aromatic heterocycles. The summed E-state index contributed by atoms with van der Waals surface area (Å²) in [4.78, 5) is 19.1. The van der Waals surface area contributed by atoms with E-state index >= 15 is 0 Å². The van der Waals surface area contributed by atoms with Crippen LogP contribution in [0.25, 0.3) is 0 Å². The van der Waals surface area contributed by atoms with Crippen LogP contribution in [0.2, 0.25) is 0 Å². The molecule has 0 bridgehead atoms. The molecule has 7 nitrogen and oxygen atoms in total. The minimum atomic E-state index is 0.146. The number of hydrogen-bond acceptors (Lipinski definition) is 4. The van der Waals surface area contributed by atoms with Crippen molar-refractivity contribution in [2.24, 2.45) is 16.8 Å². The lowest BCUT2D eigenvalue weighted by molar-refractivity contribution is -0.122. The highest BCUT2D eigenvalue weighted by atomic mass is 16.5. The van der Waals surface area contributed by atoms with Gasteiger partial charge in [-0.15, -0.1) is 0 Å². The lowest BCUT2D eigenvalue weighted by Crippen LogP contribution is -2.50. The van der Waals surface area contributed by atoms with E-state index < -0.39 is 0 Å². The minimum Gasteiger partial charge on any atom is -0.379 e. The zero-order valence-electron chi connectivity index (χ0n) is 19.3. The van der Waals surface area contributed by atoms with Gasteiger partial charge in [0, 0.05) is 50.9 Å². The summed E-state index contributed by atoms with van der Waals surface area (Å²) in [5, 5.41) is 9.96. The number of nitrogens with one attached hydrogen (secondary N) is 3. The largest absolute Gasteiger partial charge is 0.379 e. The van der Waals surface area contributed by atoms with Crippen LogP contribution in [0.3, 0.4) is 0 Å². The third kappa shape index (κ3) is 7.51. The maximum Gasteiger partial charge on any atom is 0.227 e. The summed E-state index contributed by atoms with van der Waals surface area (Å²) in [5.74, 6) is 1.77. The summed E-state index contributed by atoms with van der Waals surface area (Å²) in [6, 6.07) is 8.50. The molecule has 7 heteroatoms. The summed E-state index contributed by atoms with van der Waals surface area (Å²) >= 11 is 0. The maximum atomic E-state index is 12.2. The van der Waals surface area contributed by atoms with Gasteiger partial charge in [0.15, 0.2) is 5.96 Å². The first-order valence-electron chi connectivity index (χ1n) is 11.7. The van der Waals surface area contributed by atoms with Crippen molar-refractivity contribution in [2.45, 2.75) is 52.1 Å². The molecule has 1 aliphatic carbocycles. The van der Waals surface area contributed by atoms with Gasteiger partial charge in [-0.3, -0.25) is 14.7 Å². The summed E-state index contributed by atoms with van der Waals surface area (Å²) in [6.45, 7) is 9.67. The van der Waals surface area contributed by atoms with Crippen LogP contribution in [0.15, 0.2) is 29.3 Å². The molecule has 0 radical (unpaired) electrons. The van der Waals surface area contributed by atoms with Gasteiger partial charge in [-0.2, -0.15) is 0 Å². The van der Waals surface area contributed by atoms with E-state index in [1.165, 1.54) is 0 Å². The molecule has 2 fully saturated rings. The Morgan fingerprint density at radius 3 is 2.65 bits per heavy atom. The summed E-state index contributed by atoms with van der Waals surface area (Å²) in [5.41, 5.74) is 1.98. The van der Waals surface area contributed by atoms with Crippen molar-refractivity contribution in [1.82, 2.24) is 15.5 Å². The van der Waals surface area contributed by atoms with Gasteiger partial charge >= 0.3 is 0 Å². The molecule has 1 heterocycles. The Balaban J connectivity index is 1.48. The fraction of sp³-hybridized carbons (Fsp3) is 0.667. The molecule has 2 aliphatic rings. The first-order chi connectivity index (χ1) is 15.0. The Morgan fingerprint density at radius 2 is 2.00 bits per heavy atom. The minimum absolute atomic E-state index is 0.146. The first-order valence-corrected chi connectivity index (χ1v) is 11.7. The molecule has 1 amide bonds. The van der Waals surface area contributed by atoms with E-state index in [9.17, 15) is 4.79 Å². The summed E-state index contributed by atoms with van der Waals surface area (Å²) in [6.07, 6.45) is 4.33. The van der Waals surface area contributed by atoms with Crippen LogP contribution in [-0.2, 0) is 16.1 Å². The van der Waals surface area contributed by atoms with E-state index in [0.29, 0.717) is 18.5 Å². The first kappa shape index (κ1) is 23.5. The third-order valence-corrected chi connectivity index (χ3v) is 6.16. The number of guanidine groups is 1. The van der Waals surface area contributed by atoms with E-state index in [1.807, 2.05) is 18.2 Å². The average molecular weight is 430 g/mol. The van der Waals surface area contributed by atoms with Crippen LogP contribution in [0.5, 0.6) is 0 Å². The zero-order chi connectivity index (χ0) is 22.1. The number of rotatable bonds is 9. The van der Waals surface area contributed by atoms with Crippen LogP contribution in [0.1, 0.15) is 45.1 Å². The molecule has 1 saturated carbocycles. The Morgan fingerprint density at radius 1 is 1.23 bits per heavy atom. The highest BCUT2D eigenvalue weighted by Gasteiger charge is 2.25. The highest BCUT2D eigenvalue weighted by Crippen LogP contribution is 2.27. The van der Waals surface area contributed by atoms with Gasteiger partial charge in [-0.05, 0) is 42.9 Å². The average Bonchev–Trinajstić information content (AvgIpc) is 2.72. The van der Waals surface area contributed by atoms with Crippen LogP contribution in [-0.4, -0.2) is 62.7 Å². The fourth-order valence-corrected chi connectivity index (χ4v) is 4.14. The van der Waals surface area contributed by atoms with Crippen molar-refractivity contribution < 1.29 is 9.53 Å². The molecule has 3 N–H and O–H groups in total. The highest BCUT2D eigenvalue weighted by molar-refractivity contribution is 5.93. The van der Waals surface area contributed by atoms with Crippen molar-refractivity contribution in [1.29, 1.82) is 0 Å². The number of morpholine rings is 1. The number of carbonyl (C=O) groups is 1. The van der Waals surface area contributed by atoms with E-state index in [2.05, 4.69) is 45.8 Å². The number of benzene rings is 1. The molecule has 1 saturated heterocycles. The molecular formula is C24H39N5O2. The molecule has 31 heavy (non-hydrogen) atoms. The lowest BCUT2D eigenvalue weighted by Gasteiger charge is -2.35. The Hall–Kier alpha value is -2.12. The predicted molar refractivity (Wildman–Crippen MR) is 126 cm³/mol. The second kappa shape index (κ2) is 12.1. The molecule has 0 spiro atoms. The molecular weight excluding hydrogens is 390 g/mol. The number of ether oxygens (including phenoxy) is 1. The van der Waals surface area contributed by atoms with Gasteiger partial charge in [-0.25, -0.2) is 0 Å². The van der Waals surface area contributed by atoms with Crippen molar-refractivity contribution in [3.8, 4) is 0 Å². The second-order valence-corrected chi connectivity index (χ2v) is 9.06. The Kier molecular flexibility index (Phi) is 9.15. The predicted octanol–water partition coefficient (Wildman–Crippen LogP) is 2.84. The zero-order valence-corrected chi connectivity index (χ0v) is 19.3. The van der Waals surface area contributed by atoms with Gasteiger partial charge < -0.3 is 20.7 Å². The van der Waals surface area contributed by atoms with Gasteiger partial charge in [0.25, 0.3) is 0 Å². The molecule has 1 aromatic rings. The van der Waals surface area contributed by atoms with Crippen LogP contribution in [0, 0.1) is 11.8 Å². The molecule has 172 valence electrons. The molecule has 3 rings (SSSR count). The number of anilines is 1. The summed E-state index contributed by atoms with van der Waals surface area (Å²) < 4.78 is 5.52. The van der Waals surface area contributed by atoms with Crippen LogP contribution < -0.4 is 16.0 Å². The Labute approximate surface area is 187 Å². The van der Waals surface area contributed by atoms with E-state index in [0.717, 1.165) is 75.7 Å². The van der Waals surface area contributed by atoms with Crippen molar-refractivity contribution in [3.05, 3.63) is 29.8 Å². The quantitative estimate of drug-likeness (QED) is 0.416. The number of nitrogens with zero attached hydrogens (tertiary/aromatic N) is 2. The number of carbonyl (C=O) groups excluding carboxylic acids is 1. The van der Waals surface area contributed by atoms with Crippen molar-refractivity contribution in [3.63, 3.8) is 0 Å². The Bertz CT molecular complexity index is 726. The van der Waals surface area contributed by atoms with Gasteiger partial charge in [0.05, 0.1) is 13.2 Å². The monoisotopic (exact) mass is 429 g/mol. The third-order valence-electron chi connectivity index (χ3n) is 6.16. The van der Waals surface area contributed by atoms with Crippen LogP contribution in [0.4, 0.5) is 5.69 Å². The second-order valence-electron chi connectivity index (χ2n) is 9.06. The van der Waals surface area contributed by atoms with Gasteiger partial charge in [0.1, 0.15) is 0 Å². The van der Waals surface area contributed by atoms with Crippen molar-refractivity contribution >= 4 is 17.6 Å². The number of amides is 1. The number of aliphatic imine (C=N–C) groups is 1. The standard InChI is InChI=1S/C24H39N5O2/c1-18(2)14-22(29-10-12-31-13-11-29)17-27-24(25-3)26-16-19-6-4-9-21(15-19)28-23(30)20-7-5-8-20/h4,6,9,15,18,20,22H,5,7-8,10-14,16-17H2,1-3H3,(H,28,30)(H2,25,26,27). The van der Waals surface area contributed by atoms with Crippen LogP contribution >= 0.6 is 0 Å². The molecule has 1 aliphatic heterocycles. The van der Waals surface area contributed by atoms with Gasteiger partial charge in [0.2, 0.25) is 5.91 Å². The normalized spacial score (nSPS) is 19.0. The van der Waals surface area contributed by atoms with Gasteiger partial charge in [-0.1, -0.05) is 32.4 Å². The molecule has 1 unspecified atom stereocenters. The summed E-state index contributed by atoms with van der Waals surface area (Å²) in [7, 11) is 1.80. The number of hydrogen-bond donors (Lipinski definition) is 3. The molecule has 1 aromatic carbocycles. The fourth-order valence-electron chi connectivity index (χ4n) is 4.14. The topological polar surface area (TPSA) is 78.0 Å². The van der Waals surface area contributed by atoms with E-state index in [-0.39, 0.29) is 11.8 Å². The molecule has 1 atom stereocenters. The lowest BCUT2D eigenvalue weighted by atomic mass is 9.85. The van der Waals surface area contributed by atoms with E-state index in [1.54, 1.807) is 7.05 Å². The smallest absolute Gasteiger partial charge is 0.227 e. The SMILES string of the molecule is CN=C(NCc1cccc(NC(=O)C2CCC2)c1)NCC(CC(C)C)N1CCOCC1.